The van der Waals surface area contributed by atoms with E-state index < -0.39 is 10.0 Å². The number of hydrogen-bond acceptors (Lipinski definition) is 7. The molecule has 0 bridgehead atoms. The Hall–Kier alpha value is -2.70. The summed E-state index contributed by atoms with van der Waals surface area (Å²) in [5, 5.41) is 8.91. The van der Waals surface area contributed by atoms with E-state index in [0.717, 1.165) is 24.6 Å². The van der Waals surface area contributed by atoms with Gasteiger partial charge in [0.25, 0.3) is 0 Å². The summed E-state index contributed by atoms with van der Waals surface area (Å²) in [6, 6.07) is 10.1. The van der Waals surface area contributed by atoms with Gasteiger partial charge < -0.3 is 9.80 Å². The Morgan fingerprint density at radius 3 is 2.20 bits per heavy atom. The van der Waals surface area contributed by atoms with Crippen molar-refractivity contribution in [1.82, 2.24) is 14.3 Å². The SMILES string of the molecule is Cc1cc(N2CCCCC2)nc(N2CCN(S(=O)(=O)c3ccc(C#N)cc3)CC2)n1. The van der Waals surface area contributed by atoms with Crippen LogP contribution in [0.3, 0.4) is 0 Å². The molecular weight excluding hydrogens is 400 g/mol. The Kier molecular flexibility index (Phi) is 5.88. The van der Waals surface area contributed by atoms with Crippen molar-refractivity contribution >= 4 is 21.8 Å². The van der Waals surface area contributed by atoms with Gasteiger partial charge in [0.15, 0.2) is 0 Å². The largest absolute Gasteiger partial charge is 0.356 e. The van der Waals surface area contributed by atoms with Crippen molar-refractivity contribution in [3.05, 3.63) is 41.6 Å². The number of nitrogens with zero attached hydrogens (tertiary/aromatic N) is 6. The average Bonchev–Trinajstić information content (AvgIpc) is 2.79. The van der Waals surface area contributed by atoms with Crippen LogP contribution in [0.15, 0.2) is 35.2 Å². The summed E-state index contributed by atoms with van der Waals surface area (Å²) in [6.45, 7) is 5.84. The molecule has 3 heterocycles. The Labute approximate surface area is 177 Å². The van der Waals surface area contributed by atoms with Crippen LogP contribution in [-0.2, 0) is 10.0 Å². The molecule has 1 aromatic heterocycles. The van der Waals surface area contributed by atoms with Crippen LogP contribution in [-0.4, -0.2) is 62.0 Å². The van der Waals surface area contributed by atoms with Crippen molar-refractivity contribution in [1.29, 1.82) is 5.26 Å². The van der Waals surface area contributed by atoms with Crippen molar-refractivity contribution < 1.29 is 8.42 Å². The zero-order valence-electron chi connectivity index (χ0n) is 17.2. The first-order chi connectivity index (χ1) is 14.5. The Bertz CT molecular complexity index is 1030. The van der Waals surface area contributed by atoms with Crippen LogP contribution >= 0.6 is 0 Å². The van der Waals surface area contributed by atoms with Gasteiger partial charge >= 0.3 is 0 Å². The fraction of sp³-hybridized carbons (Fsp3) is 0.476. The van der Waals surface area contributed by atoms with Crippen LogP contribution in [0.4, 0.5) is 11.8 Å². The third-order valence-corrected chi connectivity index (χ3v) is 7.56. The molecule has 9 heteroatoms. The van der Waals surface area contributed by atoms with Crippen LogP contribution in [0.5, 0.6) is 0 Å². The highest BCUT2D eigenvalue weighted by atomic mass is 32.2. The minimum Gasteiger partial charge on any atom is -0.356 e. The number of sulfonamides is 1. The molecule has 2 aliphatic rings. The molecule has 30 heavy (non-hydrogen) atoms. The van der Waals surface area contributed by atoms with E-state index in [2.05, 4.69) is 14.8 Å². The van der Waals surface area contributed by atoms with Gasteiger partial charge in [0.1, 0.15) is 5.82 Å². The van der Waals surface area contributed by atoms with Gasteiger partial charge in [-0.2, -0.15) is 14.6 Å². The van der Waals surface area contributed by atoms with Crippen LogP contribution in [0, 0.1) is 18.3 Å². The van der Waals surface area contributed by atoms with Gasteiger partial charge in [-0.1, -0.05) is 0 Å². The lowest BCUT2D eigenvalue weighted by Gasteiger charge is -2.35. The van der Waals surface area contributed by atoms with E-state index in [0.29, 0.717) is 37.7 Å². The molecule has 8 nitrogen and oxygen atoms in total. The lowest BCUT2D eigenvalue weighted by Crippen LogP contribution is -2.49. The summed E-state index contributed by atoms with van der Waals surface area (Å²) in [5.41, 5.74) is 1.37. The fourth-order valence-electron chi connectivity index (χ4n) is 3.94. The molecule has 0 N–H and O–H groups in total. The number of hydrogen-bond donors (Lipinski definition) is 0. The number of aryl methyl sites for hydroxylation is 1. The number of rotatable bonds is 4. The summed E-state index contributed by atoms with van der Waals surface area (Å²) >= 11 is 0. The number of piperazine rings is 1. The summed E-state index contributed by atoms with van der Waals surface area (Å²) in [5.74, 6) is 1.64. The summed E-state index contributed by atoms with van der Waals surface area (Å²) in [7, 11) is -3.58. The first-order valence-electron chi connectivity index (χ1n) is 10.3. The van der Waals surface area contributed by atoms with Gasteiger partial charge in [-0.3, -0.25) is 0 Å². The van der Waals surface area contributed by atoms with E-state index in [-0.39, 0.29) is 4.90 Å². The third-order valence-electron chi connectivity index (χ3n) is 5.65. The number of nitriles is 1. The van der Waals surface area contributed by atoms with Gasteiger partial charge in [0.2, 0.25) is 16.0 Å². The maximum atomic E-state index is 12.9. The smallest absolute Gasteiger partial charge is 0.243 e. The molecule has 0 atom stereocenters. The van der Waals surface area contributed by atoms with Crippen molar-refractivity contribution in [3.8, 4) is 6.07 Å². The second-order valence-electron chi connectivity index (χ2n) is 7.74. The molecular formula is C21H26N6O2S. The molecule has 2 saturated heterocycles. The Morgan fingerprint density at radius 1 is 0.900 bits per heavy atom. The molecule has 158 valence electrons. The summed E-state index contributed by atoms with van der Waals surface area (Å²) < 4.78 is 27.4. The van der Waals surface area contributed by atoms with Gasteiger partial charge in [-0.25, -0.2) is 13.4 Å². The molecule has 1 aromatic carbocycles. The van der Waals surface area contributed by atoms with Crippen molar-refractivity contribution in [2.24, 2.45) is 0 Å². The highest BCUT2D eigenvalue weighted by Gasteiger charge is 2.29. The minimum atomic E-state index is -3.58. The molecule has 2 fully saturated rings. The van der Waals surface area contributed by atoms with Crippen LogP contribution in [0.2, 0.25) is 0 Å². The van der Waals surface area contributed by atoms with Crippen molar-refractivity contribution in [2.45, 2.75) is 31.1 Å². The number of piperidine rings is 1. The van der Waals surface area contributed by atoms with Crippen LogP contribution in [0.25, 0.3) is 0 Å². The number of anilines is 2. The second kappa shape index (κ2) is 8.58. The first kappa shape index (κ1) is 20.6. The lowest BCUT2D eigenvalue weighted by molar-refractivity contribution is 0.382. The zero-order chi connectivity index (χ0) is 21.1. The predicted molar refractivity (Wildman–Crippen MR) is 115 cm³/mol. The highest BCUT2D eigenvalue weighted by Crippen LogP contribution is 2.23. The predicted octanol–water partition coefficient (Wildman–Crippen LogP) is 2.16. The molecule has 4 rings (SSSR count). The third kappa shape index (κ3) is 4.25. The van der Waals surface area contributed by atoms with E-state index in [1.165, 1.54) is 47.8 Å². The lowest BCUT2D eigenvalue weighted by atomic mass is 10.1. The highest BCUT2D eigenvalue weighted by molar-refractivity contribution is 7.89. The van der Waals surface area contributed by atoms with E-state index in [1.807, 2.05) is 19.1 Å². The second-order valence-corrected chi connectivity index (χ2v) is 9.68. The van der Waals surface area contributed by atoms with E-state index in [4.69, 9.17) is 10.2 Å². The van der Waals surface area contributed by atoms with Crippen molar-refractivity contribution in [2.75, 3.05) is 49.1 Å². The van der Waals surface area contributed by atoms with E-state index in [9.17, 15) is 8.42 Å². The Morgan fingerprint density at radius 2 is 1.57 bits per heavy atom. The summed E-state index contributed by atoms with van der Waals surface area (Å²) in [6.07, 6.45) is 3.64. The quantitative estimate of drug-likeness (QED) is 0.739. The maximum Gasteiger partial charge on any atom is 0.243 e. The Balaban J connectivity index is 1.46. The number of aromatic nitrogens is 2. The fourth-order valence-corrected chi connectivity index (χ4v) is 5.36. The molecule has 2 aromatic rings. The zero-order valence-corrected chi connectivity index (χ0v) is 18.0. The van der Waals surface area contributed by atoms with Crippen LogP contribution in [0.1, 0.15) is 30.5 Å². The monoisotopic (exact) mass is 426 g/mol. The van der Waals surface area contributed by atoms with Crippen LogP contribution < -0.4 is 9.80 Å². The van der Waals surface area contributed by atoms with Gasteiger partial charge in [-0.15, -0.1) is 0 Å². The topological polar surface area (TPSA) is 93.4 Å². The molecule has 0 spiro atoms. The molecule has 0 unspecified atom stereocenters. The maximum absolute atomic E-state index is 12.9. The minimum absolute atomic E-state index is 0.217. The van der Waals surface area contributed by atoms with Gasteiger partial charge in [0.05, 0.1) is 16.5 Å². The molecule has 2 aliphatic heterocycles. The standard InChI is InChI=1S/C21H26N6O2S/c1-17-15-20(25-9-3-2-4-10-25)24-21(23-17)26-11-13-27(14-12-26)30(28,29)19-7-5-18(16-22)6-8-19/h5-8,15H,2-4,9-14H2,1H3. The van der Waals surface area contributed by atoms with E-state index >= 15 is 0 Å². The van der Waals surface area contributed by atoms with Gasteiger partial charge in [0, 0.05) is 51.0 Å². The average molecular weight is 427 g/mol. The van der Waals surface area contributed by atoms with Gasteiger partial charge in [-0.05, 0) is 50.5 Å². The number of benzene rings is 1. The normalized spacial score (nSPS) is 18.3. The first-order valence-corrected chi connectivity index (χ1v) is 11.8. The molecule has 0 saturated carbocycles. The molecule has 0 aliphatic carbocycles. The van der Waals surface area contributed by atoms with E-state index in [1.54, 1.807) is 0 Å². The summed E-state index contributed by atoms with van der Waals surface area (Å²) in [4.78, 5) is 14.0. The van der Waals surface area contributed by atoms with Crippen molar-refractivity contribution in [3.63, 3.8) is 0 Å². The molecule has 0 radical (unpaired) electrons. The molecule has 0 amide bonds.